The van der Waals surface area contributed by atoms with Crippen molar-refractivity contribution in [1.29, 1.82) is 0 Å². The Hall–Kier alpha value is -2.70. The second-order valence-electron chi connectivity index (χ2n) is 9.48. The van der Waals surface area contributed by atoms with Gasteiger partial charge in [0.2, 0.25) is 5.91 Å². The maximum Gasteiger partial charge on any atom is 0.252 e. The summed E-state index contributed by atoms with van der Waals surface area (Å²) in [5.74, 6) is -0.721. The molecule has 2 aromatic carbocycles. The fourth-order valence-corrected chi connectivity index (χ4v) is 5.33. The monoisotopic (exact) mass is 449 g/mol. The Morgan fingerprint density at radius 1 is 1.03 bits per heavy atom. The minimum atomic E-state index is -0.981. The maximum absolute atomic E-state index is 12.6. The van der Waals surface area contributed by atoms with E-state index >= 15 is 0 Å². The number of aryl methyl sites for hydroxylation is 1. The summed E-state index contributed by atoms with van der Waals surface area (Å²) < 4.78 is 0. The van der Waals surface area contributed by atoms with Crippen molar-refractivity contribution in [3.63, 3.8) is 0 Å². The molecule has 2 amide bonds. The highest BCUT2D eigenvalue weighted by Gasteiger charge is 2.40. The molecule has 1 heterocycles. The molecule has 33 heavy (non-hydrogen) atoms. The zero-order valence-electron chi connectivity index (χ0n) is 19.4. The van der Waals surface area contributed by atoms with Crippen molar-refractivity contribution in [1.82, 2.24) is 15.5 Å². The lowest BCUT2D eigenvalue weighted by Gasteiger charge is -2.40. The van der Waals surface area contributed by atoms with Crippen LogP contribution in [0, 0.1) is 0 Å². The lowest BCUT2D eigenvalue weighted by atomic mass is 9.74. The third-order valence-electron chi connectivity index (χ3n) is 7.31. The van der Waals surface area contributed by atoms with Crippen LogP contribution in [-0.2, 0) is 16.6 Å². The Morgan fingerprint density at radius 3 is 2.45 bits per heavy atom. The highest BCUT2D eigenvalue weighted by Crippen LogP contribution is 2.46. The number of hydrogen-bond donors (Lipinski definition) is 3. The van der Waals surface area contributed by atoms with E-state index < -0.39 is 12.1 Å². The molecule has 1 aliphatic heterocycles. The van der Waals surface area contributed by atoms with Gasteiger partial charge in [0, 0.05) is 12.1 Å². The lowest BCUT2D eigenvalue weighted by Crippen LogP contribution is -2.52. The molecule has 0 bridgehead atoms. The van der Waals surface area contributed by atoms with Gasteiger partial charge in [0.1, 0.15) is 6.04 Å². The van der Waals surface area contributed by atoms with Gasteiger partial charge in [0.05, 0.1) is 6.10 Å². The van der Waals surface area contributed by atoms with Crippen LogP contribution in [0.4, 0.5) is 0 Å². The van der Waals surface area contributed by atoms with Crippen LogP contribution in [0.1, 0.15) is 54.1 Å². The van der Waals surface area contributed by atoms with E-state index in [-0.39, 0.29) is 11.8 Å². The smallest absolute Gasteiger partial charge is 0.252 e. The highest BCUT2D eigenvalue weighted by molar-refractivity contribution is 5.97. The number of aliphatic hydroxyl groups excluding tert-OH is 1. The first-order chi connectivity index (χ1) is 16.0. The topological polar surface area (TPSA) is 81.7 Å². The normalized spacial score (nSPS) is 19.0. The quantitative estimate of drug-likeness (QED) is 0.541. The second kappa shape index (κ2) is 10.5. The number of carbonyl (C=O) groups excluding carboxylic acids is 2. The second-order valence-corrected chi connectivity index (χ2v) is 9.48. The summed E-state index contributed by atoms with van der Waals surface area (Å²) in [6, 6.07) is 16.7. The zero-order chi connectivity index (χ0) is 23.3. The molecule has 2 aromatic rings. The van der Waals surface area contributed by atoms with Gasteiger partial charge in [0.15, 0.2) is 0 Å². The number of hydrogen-bond acceptors (Lipinski definition) is 4. The number of nitrogens with one attached hydrogen (secondary N) is 2. The van der Waals surface area contributed by atoms with Gasteiger partial charge in [-0.25, -0.2) is 0 Å². The summed E-state index contributed by atoms with van der Waals surface area (Å²) in [6.45, 7) is 5.15. The van der Waals surface area contributed by atoms with E-state index in [4.69, 9.17) is 0 Å². The zero-order valence-corrected chi connectivity index (χ0v) is 19.4. The fourth-order valence-electron chi connectivity index (χ4n) is 5.33. The molecule has 176 valence electrons. The lowest BCUT2D eigenvalue weighted by molar-refractivity contribution is -0.125. The Kier molecular flexibility index (Phi) is 7.46. The van der Waals surface area contributed by atoms with Crippen molar-refractivity contribution in [2.75, 3.05) is 26.2 Å². The largest absolute Gasteiger partial charge is 0.391 e. The Bertz CT molecular complexity index is 952. The van der Waals surface area contributed by atoms with Crippen LogP contribution >= 0.6 is 0 Å². The summed E-state index contributed by atoms with van der Waals surface area (Å²) in [6.07, 6.45) is 4.73. The molecule has 3 N–H and O–H groups in total. The minimum absolute atomic E-state index is 0.352. The van der Waals surface area contributed by atoms with Crippen LogP contribution in [0.5, 0.6) is 0 Å². The number of likely N-dealkylation sites (tertiary alicyclic amines) is 1. The van der Waals surface area contributed by atoms with E-state index in [0.29, 0.717) is 17.5 Å². The van der Waals surface area contributed by atoms with Gasteiger partial charge in [-0.05, 0) is 87.3 Å². The fraction of sp³-hybridized carbons (Fsp3) is 0.481. The van der Waals surface area contributed by atoms with Gasteiger partial charge >= 0.3 is 0 Å². The molecule has 2 atom stereocenters. The number of rotatable bonds is 8. The van der Waals surface area contributed by atoms with Crippen LogP contribution in [0.2, 0.25) is 0 Å². The van der Waals surface area contributed by atoms with Gasteiger partial charge in [-0.2, -0.15) is 0 Å². The van der Waals surface area contributed by atoms with E-state index in [1.54, 1.807) is 29.8 Å². The van der Waals surface area contributed by atoms with Crippen LogP contribution < -0.4 is 10.6 Å². The molecule has 0 aromatic heterocycles. The van der Waals surface area contributed by atoms with Crippen molar-refractivity contribution in [2.45, 2.75) is 56.6 Å². The number of benzene rings is 2. The molecule has 2 aliphatic rings. The number of amides is 2. The summed E-state index contributed by atoms with van der Waals surface area (Å²) in [7, 11) is 0. The van der Waals surface area contributed by atoms with Gasteiger partial charge in [-0.15, -0.1) is 0 Å². The molecule has 0 radical (unpaired) electrons. The molecule has 1 fully saturated rings. The predicted molar refractivity (Wildman–Crippen MR) is 129 cm³/mol. The third kappa shape index (κ3) is 5.45. The number of fused-ring (bicyclic) bond motifs is 2. The molecule has 6 heteroatoms. The summed E-state index contributed by atoms with van der Waals surface area (Å²) in [5, 5.41) is 15.6. The first kappa shape index (κ1) is 23.5. The molecule has 0 unspecified atom stereocenters. The van der Waals surface area contributed by atoms with Gasteiger partial charge < -0.3 is 20.6 Å². The van der Waals surface area contributed by atoms with Crippen LogP contribution in [0.15, 0.2) is 54.6 Å². The molecule has 1 spiro atoms. The van der Waals surface area contributed by atoms with Crippen LogP contribution in [-0.4, -0.2) is 60.1 Å². The molecule has 0 saturated carbocycles. The maximum atomic E-state index is 12.6. The predicted octanol–water partition coefficient (Wildman–Crippen LogP) is 2.65. The van der Waals surface area contributed by atoms with Crippen molar-refractivity contribution >= 4 is 11.8 Å². The Morgan fingerprint density at radius 2 is 1.73 bits per heavy atom. The molecular weight excluding hydrogens is 414 g/mol. The third-order valence-corrected chi connectivity index (χ3v) is 7.31. The van der Waals surface area contributed by atoms with Crippen molar-refractivity contribution < 1.29 is 14.7 Å². The van der Waals surface area contributed by atoms with Crippen molar-refractivity contribution in [2.24, 2.45) is 0 Å². The molecule has 1 aliphatic carbocycles. The van der Waals surface area contributed by atoms with Crippen LogP contribution in [0.25, 0.3) is 0 Å². The van der Waals surface area contributed by atoms with E-state index in [2.05, 4.69) is 39.8 Å². The molecule has 1 saturated heterocycles. The average Bonchev–Trinajstić information content (AvgIpc) is 3.19. The van der Waals surface area contributed by atoms with E-state index in [1.807, 2.05) is 6.07 Å². The number of carbonyl (C=O) groups is 2. The van der Waals surface area contributed by atoms with Gasteiger partial charge in [-0.3, -0.25) is 9.59 Å². The highest BCUT2D eigenvalue weighted by atomic mass is 16.3. The van der Waals surface area contributed by atoms with Crippen molar-refractivity contribution in [3.05, 3.63) is 71.3 Å². The Balaban J connectivity index is 1.20. The van der Waals surface area contributed by atoms with Crippen LogP contribution in [0.3, 0.4) is 0 Å². The summed E-state index contributed by atoms with van der Waals surface area (Å²) >= 11 is 0. The first-order valence-electron chi connectivity index (χ1n) is 12.1. The average molecular weight is 450 g/mol. The van der Waals surface area contributed by atoms with Gasteiger partial charge in [-0.1, -0.05) is 42.5 Å². The standard InChI is InChI=1S/C27H35N3O3/c1-20(31)24(29-25(32)22-9-3-2-4-10-22)26(33)28-16-7-17-30-18-14-27(15-19-30)13-12-21-8-5-6-11-23(21)27/h2-6,8-11,20,24,31H,7,12-19H2,1H3,(H,28,33)(H,29,32)/t20-,24+/m1/s1. The molecule has 6 nitrogen and oxygen atoms in total. The van der Waals surface area contributed by atoms with Gasteiger partial charge in [0.25, 0.3) is 5.91 Å². The first-order valence-corrected chi connectivity index (χ1v) is 12.1. The number of nitrogens with zero attached hydrogens (tertiary/aromatic N) is 1. The number of aliphatic hydroxyl groups is 1. The molecular formula is C27H35N3O3. The van der Waals surface area contributed by atoms with Crippen molar-refractivity contribution in [3.8, 4) is 0 Å². The van der Waals surface area contributed by atoms with E-state index in [1.165, 1.54) is 38.2 Å². The molecule has 4 rings (SSSR count). The number of piperidine rings is 1. The summed E-state index contributed by atoms with van der Waals surface area (Å²) in [5.41, 5.74) is 3.92. The summed E-state index contributed by atoms with van der Waals surface area (Å²) in [4.78, 5) is 27.5. The van der Waals surface area contributed by atoms with E-state index in [9.17, 15) is 14.7 Å². The van der Waals surface area contributed by atoms with E-state index in [0.717, 1.165) is 26.1 Å². The SMILES string of the molecule is C[C@@H](O)[C@H](NC(=O)c1ccccc1)C(=O)NCCCN1CCC2(CCc3ccccc32)CC1. The Labute approximate surface area is 196 Å². The minimum Gasteiger partial charge on any atom is -0.391 e.